The maximum absolute atomic E-state index is 12.7. The van der Waals surface area contributed by atoms with Gasteiger partial charge in [0.05, 0.1) is 0 Å². The zero-order valence-corrected chi connectivity index (χ0v) is 12.0. The Morgan fingerprint density at radius 3 is 2.37 bits per heavy atom. The summed E-state index contributed by atoms with van der Waals surface area (Å²) in [7, 11) is 0. The third-order valence-corrected chi connectivity index (χ3v) is 3.08. The number of alkyl halides is 2. The van der Waals surface area contributed by atoms with Crippen LogP contribution in [0, 0.1) is 0 Å². The van der Waals surface area contributed by atoms with Gasteiger partial charge in [-0.15, -0.1) is 0 Å². The van der Waals surface area contributed by atoms with E-state index in [1.165, 1.54) is 0 Å². The summed E-state index contributed by atoms with van der Waals surface area (Å²) in [6.07, 6.45) is 1.69. The van der Waals surface area contributed by atoms with Crippen molar-refractivity contribution in [2.45, 2.75) is 39.7 Å². The van der Waals surface area contributed by atoms with Gasteiger partial charge in [-0.25, -0.2) is 13.8 Å². The second kappa shape index (κ2) is 6.80. The molecule has 0 aliphatic carbocycles. The van der Waals surface area contributed by atoms with Gasteiger partial charge in [0.15, 0.2) is 6.61 Å². The molecule has 1 rings (SSSR count). The molecule has 0 N–H and O–H groups in total. The van der Waals surface area contributed by atoms with E-state index in [2.05, 4.69) is 30.7 Å². The van der Waals surface area contributed by atoms with E-state index in [4.69, 9.17) is 4.74 Å². The van der Waals surface area contributed by atoms with Crippen molar-refractivity contribution < 1.29 is 13.5 Å². The van der Waals surface area contributed by atoms with E-state index in [9.17, 15) is 8.78 Å². The highest BCUT2D eigenvalue weighted by molar-refractivity contribution is 5.20. The first kappa shape index (κ1) is 15.8. The van der Waals surface area contributed by atoms with Crippen LogP contribution in [0.15, 0.2) is 18.3 Å². The Morgan fingerprint density at radius 2 is 1.95 bits per heavy atom. The SMILES string of the molecule is CCN(CC)C(C)c1ccc(OCC(C)(F)F)nc1. The van der Waals surface area contributed by atoms with Crippen molar-refractivity contribution in [3.8, 4) is 5.88 Å². The molecule has 3 nitrogen and oxygen atoms in total. The number of hydrogen-bond acceptors (Lipinski definition) is 3. The summed E-state index contributed by atoms with van der Waals surface area (Å²) in [5.41, 5.74) is 1.05. The molecule has 0 aromatic carbocycles. The van der Waals surface area contributed by atoms with Crippen LogP contribution in [0.1, 0.15) is 39.3 Å². The highest BCUT2D eigenvalue weighted by atomic mass is 19.3. The monoisotopic (exact) mass is 272 g/mol. The lowest BCUT2D eigenvalue weighted by atomic mass is 10.1. The predicted molar refractivity (Wildman–Crippen MR) is 71.7 cm³/mol. The van der Waals surface area contributed by atoms with Crippen LogP contribution in [0.25, 0.3) is 0 Å². The van der Waals surface area contributed by atoms with Gasteiger partial charge in [-0.2, -0.15) is 0 Å². The Hall–Kier alpha value is -1.23. The van der Waals surface area contributed by atoms with Crippen molar-refractivity contribution in [3.05, 3.63) is 23.9 Å². The van der Waals surface area contributed by atoms with Crippen LogP contribution in [0.4, 0.5) is 8.78 Å². The van der Waals surface area contributed by atoms with Gasteiger partial charge >= 0.3 is 0 Å². The number of pyridine rings is 1. The Bertz CT molecular complexity index is 372. The van der Waals surface area contributed by atoms with Crippen molar-refractivity contribution in [2.75, 3.05) is 19.7 Å². The first-order valence-electron chi connectivity index (χ1n) is 6.58. The van der Waals surface area contributed by atoms with Crippen LogP contribution in [-0.2, 0) is 0 Å². The third kappa shape index (κ3) is 5.11. The maximum atomic E-state index is 12.7. The van der Waals surface area contributed by atoms with E-state index in [1.54, 1.807) is 12.3 Å². The summed E-state index contributed by atoms with van der Waals surface area (Å²) < 4.78 is 30.3. The molecule has 1 atom stereocenters. The summed E-state index contributed by atoms with van der Waals surface area (Å²) in [4.78, 5) is 6.36. The molecule has 0 radical (unpaired) electrons. The summed E-state index contributed by atoms with van der Waals surface area (Å²) in [5, 5.41) is 0. The van der Waals surface area contributed by atoms with Gasteiger partial charge in [0.1, 0.15) is 0 Å². The average Bonchev–Trinajstić information content (AvgIpc) is 2.37. The quantitative estimate of drug-likeness (QED) is 0.759. The number of aromatic nitrogens is 1. The molecule has 0 aliphatic rings. The zero-order valence-electron chi connectivity index (χ0n) is 12.0. The summed E-state index contributed by atoms with van der Waals surface area (Å²) in [5.74, 6) is -2.61. The van der Waals surface area contributed by atoms with Crippen LogP contribution in [-0.4, -0.2) is 35.5 Å². The lowest BCUT2D eigenvalue weighted by Gasteiger charge is -2.26. The lowest BCUT2D eigenvalue weighted by Crippen LogP contribution is -2.26. The summed E-state index contributed by atoms with van der Waals surface area (Å²) >= 11 is 0. The number of halogens is 2. The molecule has 0 aliphatic heterocycles. The van der Waals surface area contributed by atoms with Crippen LogP contribution >= 0.6 is 0 Å². The molecule has 1 unspecified atom stereocenters. The molecule has 0 amide bonds. The zero-order chi connectivity index (χ0) is 14.5. The van der Waals surface area contributed by atoms with Gasteiger partial charge in [0.2, 0.25) is 5.88 Å². The van der Waals surface area contributed by atoms with Crippen molar-refractivity contribution in [1.29, 1.82) is 0 Å². The largest absolute Gasteiger partial charge is 0.471 e. The van der Waals surface area contributed by atoms with Crippen LogP contribution in [0.2, 0.25) is 0 Å². The Morgan fingerprint density at radius 1 is 1.32 bits per heavy atom. The molecule has 19 heavy (non-hydrogen) atoms. The highest BCUT2D eigenvalue weighted by Gasteiger charge is 2.22. The standard InChI is InChI=1S/C14H22F2N2O/c1-5-18(6-2)11(3)12-7-8-13(17-9-12)19-10-14(4,15)16/h7-9,11H,5-6,10H2,1-4H3. The van der Waals surface area contributed by atoms with E-state index in [0.29, 0.717) is 0 Å². The van der Waals surface area contributed by atoms with E-state index in [0.717, 1.165) is 25.6 Å². The highest BCUT2D eigenvalue weighted by Crippen LogP contribution is 2.21. The lowest BCUT2D eigenvalue weighted by molar-refractivity contribution is -0.0242. The fourth-order valence-electron chi connectivity index (χ4n) is 1.91. The fourth-order valence-corrected chi connectivity index (χ4v) is 1.91. The second-order valence-corrected chi connectivity index (χ2v) is 4.69. The normalized spacial score (nSPS) is 13.6. The molecule has 1 heterocycles. The van der Waals surface area contributed by atoms with E-state index < -0.39 is 12.5 Å². The third-order valence-electron chi connectivity index (χ3n) is 3.08. The Labute approximate surface area is 113 Å². The van der Waals surface area contributed by atoms with E-state index in [-0.39, 0.29) is 11.9 Å². The van der Waals surface area contributed by atoms with Gasteiger partial charge in [0.25, 0.3) is 5.92 Å². The van der Waals surface area contributed by atoms with Gasteiger partial charge in [0, 0.05) is 25.2 Å². The van der Waals surface area contributed by atoms with Gasteiger partial charge in [-0.1, -0.05) is 19.9 Å². The molecular formula is C14H22F2N2O. The first-order chi connectivity index (χ1) is 8.87. The topological polar surface area (TPSA) is 25.4 Å². The molecule has 1 aromatic rings. The number of ether oxygens (including phenoxy) is 1. The minimum atomic E-state index is -2.84. The molecule has 0 bridgehead atoms. The number of nitrogens with zero attached hydrogens (tertiary/aromatic N) is 2. The van der Waals surface area contributed by atoms with Crippen molar-refractivity contribution in [1.82, 2.24) is 9.88 Å². The minimum absolute atomic E-state index is 0.233. The van der Waals surface area contributed by atoms with Crippen molar-refractivity contribution in [3.63, 3.8) is 0 Å². The smallest absolute Gasteiger partial charge is 0.278 e. The Kier molecular flexibility index (Phi) is 5.66. The molecule has 5 heteroatoms. The van der Waals surface area contributed by atoms with Gasteiger partial charge in [-0.3, -0.25) is 4.90 Å². The molecule has 1 aromatic heterocycles. The average molecular weight is 272 g/mol. The van der Waals surface area contributed by atoms with Crippen LogP contribution < -0.4 is 4.74 Å². The van der Waals surface area contributed by atoms with Crippen molar-refractivity contribution >= 4 is 0 Å². The van der Waals surface area contributed by atoms with Crippen LogP contribution in [0.3, 0.4) is 0 Å². The molecular weight excluding hydrogens is 250 g/mol. The number of rotatable bonds is 7. The summed E-state index contributed by atoms with van der Waals surface area (Å²) in [6, 6.07) is 3.77. The molecule has 0 saturated heterocycles. The Balaban J connectivity index is 2.65. The minimum Gasteiger partial charge on any atom is -0.471 e. The van der Waals surface area contributed by atoms with Gasteiger partial charge < -0.3 is 4.74 Å². The van der Waals surface area contributed by atoms with Crippen molar-refractivity contribution in [2.24, 2.45) is 0 Å². The van der Waals surface area contributed by atoms with E-state index in [1.807, 2.05) is 6.07 Å². The van der Waals surface area contributed by atoms with E-state index >= 15 is 0 Å². The molecule has 0 fully saturated rings. The molecule has 0 spiro atoms. The molecule has 108 valence electrons. The first-order valence-corrected chi connectivity index (χ1v) is 6.58. The molecule has 0 saturated carbocycles. The maximum Gasteiger partial charge on any atom is 0.278 e. The second-order valence-electron chi connectivity index (χ2n) is 4.69. The van der Waals surface area contributed by atoms with Gasteiger partial charge in [-0.05, 0) is 25.6 Å². The van der Waals surface area contributed by atoms with Crippen LogP contribution in [0.5, 0.6) is 5.88 Å². The number of hydrogen-bond donors (Lipinski definition) is 0. The summed E-state index contributed by atoms with van der Waals surface area (Å²) in [6.45, 7) is 8.40. The fraction of sp³-hybridized carbons (Fsp3) is 0.643. The predicted octanol–water partition coefficient (Wildman–Crippen LogP) is 3.52.